The smallest absolute Gasteiger partial charge is 0.226 e. The Balaban J connectivity index is 1.82. The maximum atomic E-state index is 12.6. The van der Waals surface area contributed by atoms with Gasteiger partial charge in [0.05, 0.1) is 5.41 Å². The van der Waals surface area contributed by atoms with Crippen LogP contribution in [0.5, 0.6) is 0 Å². The highest BCUT2D eigenvalue weighted by atomic mass is 16.3. The Morgan fingerprint density at radius 3 is 2.50 bits per heavy atom. The molecule has 0 heterocycles. The van der Waals surface area contributed by atoms with Gasteiger partial charge in [0.25, 0.3) is 0 Å². The van der Waals surface area contributed by atoms with Gasteiger partial charge in [0, 0.05) is 13.2 Å². The van der Waals surface area contributed by atoms with Crippen molar-refractivity contribution in [3.63, 3.8) is 0 Å². The number of aliphatic hydroxyl groups excluding tert-OH is 1. The molecule has 0 radical (unpaired) electrons. The van der Waals surface area contributed by atoms with Crippen LogP contribution in [-0.2, 0) is 11.2 Å². The first kappa shape index (κ1) is 17.0. The molecular formula is C19H29NO2. The minimum atomic E-state index is -0.187. The van der Waals surface area contributed by atoms with Crippen LogP contribution in [0.2, 0.25) is 0 Å². The molecule has 122 valence electrons. The quantitative estimate of drug-likeness (QED) is 0.724. The fourth-order valence-corrected chi connectivity index (χ4v) is 3.11. The van der Waals surface area contributed by atoms with Crippen molar-refractivity contribution < 1.29 is 9.90 Å². The van der Waals surface area contributed by atoms with Crippen LogP contribution in [-0.4, -0.2) is 24.2 Å². The molecule has 2 N–H and O–H groups in total. The molecule has 3 heteroatoms. The van der Waals surface area contributed by atoms with E-state index >= 15 is 0 Å². The molecule has 2 rings (SSSR count). The number of rotatable bonds is 8. The van der Waals surface area contributed by atoms with Crippen LogP contribution in [0.15, 0.2) is 30.3 Å². The number of aliphatic hydroxyl groups is 1. The summed E-state index contributed by atoms with van der Waals surface area (Å²) in [5, 5.41) is 12.4. The molecule has 1 amide bonds. The predicted octanol–water partition coefficient (Wildman–Crippen LogP) is 3.31. The highest BCUT2D eigenvalue weighted by Gasteiger charge is 2.43. The number of amides is 1. The van der Waals surface area contributed by atoms with Gasteiger partial charge < -0.3 is 10.4 Å². The molecule has 1 fully saturated rings. The molecule has 1 saturated carbocycles. The summed E-state index contributed by atoms with van der Waals surface area (Å²) in [4.78, 5) is 12.6. The van der Waals surface area contributed by atoms with Gasteiger partial charge in [0.1, 0.15) is 0 Å². The standard InChI is InChI=1S/C19H29NO2/c1-18(2,15-21)10-7-13-20-17(22)19(11-6-12-19)14-16-8-4-3-5-9-16/h3-5,8-9,21H,6-7,10-15H2,1-2H3,(H,20,22). The lowest BCUT2D eigenvalue weighted by atomic mass is 9.64. The zero-order valence-corrected chi connectivity index (χ0v) is 13.9. The van der Waals surface area contributed by atoms with Crippen LogP contribution < -0.4 is 5.32 Å². The summed E-state index contributed by atoms with van der Waals surface area (Å²) in [6.07, 6.45) is 5.83. The van der Waals surface area contributed by atoms with Crippen molar-refractivity contribution in [1.29, 1.82) is 0 Å². The molecule has 22 heavy (non-hydrogen) atoms. The van der Waals surface area contributed by atoms with Crippen molar-refractivity contribution >= 4 is 5.91 Å². The van der Waals surface area contributed by atoms with Gasteiger partial charge in [-0.3, -0.25) is 4.79 Å². The van der Waals surface area contributed by atoms with E-state index in [0.717, 1.165) is 38.5 Å². The second kappa shape index (κ2) is 7.28. The van der Waals surface area contributed by atoms with Gasteiger partial charge >= 0.3 is 0 Å². The maximum Gasteiger partial charge on any atom is 0.226 e. The molecule has 0 aliphatic heterocycles. The predicted molar refractivity (Wildman–Crippen MR) is 89.5 cm³/mol. The fourth-order valence-electron chi connectivity index (χ4n) is 3.11. The molecule has 1 aromatic rings. The number of benzene rings is 1. The van der Waals surface area contributed by atoms with Crippen molar-refractivity contribution in [2.75, 3.05) is 13.2 Å². The van der Waals surface area contributed by atoms with Crippen LogP contribution in [0.3, 0.4) is 0 Å². The van der Waals surface area contributed by atoms with Gasteiger partial charge in [0.15, 0.2) is 0 Å². The van der Waals surface area contributed by atoms with E-state index in [1.165, 1.54) is 5.56 Å². The lowest BCUT2D eigenvalue weighted by Gasteiger charge is -2.40. The summed E-state index contributed by atoms with van der Waals surface area (Å²) in [5.41, 5.74) is 1.01. The Hall–Kier alpha value is -1.35. The summed E-state index contributed by atoms with van der Waals surface area (Å²) >= 11 is 0. The third kappa shape index (κ3) is 4.33. The lowest BCUT2D eigenvalue weighted by molar-refractivity contribution is -0.135. The third-order valence-corrected chi connectivity index (χ3v) is 4.92. The molecule has 0 atom stereocenters. The van der Waals surface area contributed by atoms with Crippen molar-refractivity contribution in [3.05, 3.63) is 35.9 Å². The van der Waals surface area contributed by atoms with E-state index in [4.69, 9.17) is 0 Å². The van der Waals surface area contributed by atoms with Crippen LogP contribution in [0.4, 0.5) is 0 Å². The molecular weight excluding hydrogens is 274 g/mol. The first-order valence-corrected chi connectivity index (χ1v) is 8.41. The third-order valence-electron chi connectivity index (χ3n) is 4.92. The van der Waals surface area contributed by atoms with E-state index in [-0.39, 0.29) is 23.3 Å². The van der Waals surface area contributed by atoms with E-state index in [1.807, 2.05) is 18.2 Å². The van der Waals surface area contributed by atoms with Crippen molar-refractivity contribution in [2.45, 2.75) is 52.4 Å². The Bertz CT molecular complexity index is 477. The Labute approximate surface area is 134 Å². The first-order valence-electron chi connectivity index (χ1n) is 8.41. The van der Waals surface area contributed by atoms with Crippen LogP contribution in [0.1, 0.15) is 51.5 Å². The van der Waals surface area contributed by atoms with E-state index in [2.05, 4.69) is 31.3 Å². The van der Waals surface area contributed by atoms with Gasteiger partial charge in [-0.1, -0.05) is 50.6 Å². The van der Waals surface area contributed by atoms with Gasteiger partial charge in [-0.2, -0.15) is 0 Å². The molecule has 0 unspecified atom stereocenters. The van der Waals surface area contributed by atoms with Crippen molar-refractivity contribution in [1.82, 2.24) is 5.32 Å². The van der Waals surface area contributed by atoms with E-state index in [0.29, 0.717) is 6.54 Å². The molecule has 1 aromatic carbocycles. The summed E-state index contributed by atoms with van der Waals surface area (Å²) in [6.45, 7) is 5.01. The van der Waals surface area contributed by atoms with Gasteiger partial charge in [-0.25, -0.2) is 0 Å². The van der Waals surface area contributed by atoms with Gasteiger partial charge in [0.2, 0.25) is 5.91 Å². The van der Waals surface area contributed by atoms with Gasteiger partial charge in [-0.15, -0.1) is 0 Å². The Morgan fingerprint density at radius 1 is 1.27 bits per heavy atom. The van der Waals surface area contributed by atoms with Crippen molar-refractivity contribution in [2.24, 2.45) is 10.8 Å². The highest BCUT2D eigenvalue weighted by Crippen LogP contribution is 2.44. The number of nitrogens with one attached hydrogen (secondary N) is 1. The number of hydrogen-bond acceptors (Lipinski definition) is 2. The SMILES string of the molecule is CC(C)(CO)CCCNC(=O)C1(Cc2ccccc2)CCC1. The summed E-state index contributed by atoms with van der Waals surface area (Å²) < 4.78 is 0. The molecule has 0 bridgehead atoms. The van der Waals surface area contributed by atoms with E-state index < -0.39 is 0 Å². The second-order valence-electron chi connectivity index (χ2n) is 7.48. The van der Waals surface area contributed by atoms with E-state index in [9.17, 15) is 9.90 Å². The van der Waals surface area contributed by atoms with Crippen LogP contribution in [0.25, 0.3) is 0 Å². The Kier molecular flexibility index (Phi) is 5.63. The zero-order chi connectivity index (χ0) is 16.1. The minimum Gasteiger partial charge on any atom is -0.396 e. The fraction of sp³-hybridized carbons (Fsp3) is 0.632. The monoisotopic (exact) mass is 303 g/mol. The normalized spacial score (nSPS) is 16.9. The topological polar surface area (TPSA) is 49.3 Å². The maximum absolute atomic E-state index is 12.6. The molecule has 3 nitrogen and oxygen atoms in total. The first-order chi connectivity index (χ1) is 10.5. The van der Waals surface area contributed by atoms with Crippen molar-refractivity contribution in [3.8, 4) is 0 Å². The molecule has 0 saturated heterocycles. The van der Waals surface area contributed by atoms with Gasteiger partial charge in [-0.05, 0) is 43.1 Å². The number of carbonyl (C=O) groups is 1. The number of carbonyl (C=O) groups excluding carboxylic acids is 1. The summed E-state index contributed by atoms with van der Waals surface area (Å²) in [7, 11) is 0. The zero-order valence-electron chi connectivity index (χ0n) is 13.9. The van der Waals surface area contributed by atoms with Crippen LogP contribution >= 0.6 is 0 Å². The lowest BCUT2D eigenvalue weighted by Crippen LogP contribution is -2.47. The van der Waals surface area contributed by atoms with E-state index in [1.54, 1.807) is 0 Å². The minimum absolute atomic E-state index is 0.0527. The summed E-state index contributed by atoms with van der Waals surface area (Å²) in [6, 6.07) is 10.3. The number of hydrogen-bond donors (Lipinski definition) is 2. The molecule has 1 aliphatic rings. The summed E-state index contributed by atoms with van der Waals surface area (Å²) in [5.74, 6) is 0.212. The Morgan fingerprint density at radius 2 is 1.95 bits per heavy atom. The molecule has 0 spiro atoms. The molecule has 1 aliphatic carbocycles. The second-order valence-corrected chi connectivity index (χ2v) is 7.48. The molecule has 0 aromatic heterocycles. The largest absolute Gasteiger partial charge is 0.396 e. The average Bonchev–Trinajstić information content (AvgIpc) is 2.48. The average molecular weight is 303 g/mol. The van der Waals surface area contributed by atoms with Crippen LogP contribution in [0, 0.1) is 10.8 Å². The highest BCUT2D eigenvalue weighted by molar-refractivity contribution is 5.83.